The number of benzene rings is 1. The van der Waals surface area contributed by atoms with Crippen LogP contribution in [0.2, 0.25) is 0 Å². The van der Waals surface area contributed by atoms with Gasteiger partial charge in [0, 0.05) is 5.56 Å². The van der Waals surface area contributed by atoms with Crippen molar-refractivity contribution in [1.82, 2.24) is 10.2 Å². The van der Waals surface area contributed by atoms with E-state index >= 15 is 0 Å². The molecule has 5 nitrogen and oxygen atoms in total. The SMILES string of the molecule is Nc1[nH]ncc1-c1ccc(S(=O)(=O)C(F)(F)F)cc1. The zero-order valence-electron chi connectivity index (χ0n) is 9.27. The number of rotatable bonds is 2. The van der Waals surface area contributed by atoms with Gasteiger partial charge in [0.2, 0.25) is 0 Å². The first-order chi connectivity index (χ1) is 8.73. The number of hydrogen-bond acceptors (Lipinski definition) is 4. The molecule has 0 aliphatic heterocycles. The highest BCUT2D eigenvalue weighted by Gasteiger charge is 2.46. The summed E-state index contributed by atoms with van der Waals surface area (Å²) in [5, 5.41) is 6.13. The molecule has 0 radical (unpaired) electrons. The summed E-state index contributed by atoms with van der Waals surface area (Å²) in [6, 6.07) is 4.23. The monoisotopic (exact) mass is 291 g/mol. The predicted molar refractivity (Wildman–Crippen MR) is 61.7 cm³/mol. The van der Waals surface area contributed by atoms with Crippen molar-refractivity contribution in [1.29, 1.82) is 0 Å². The quantitative estimate of drug-likeness (QED) is 0.885. The summed E-state index contributed by atoms with van der Waals surface area (Å²) in [4.78, 5) is -0.814. The van der Waals surface area contributed by atoms with Crippen LogP contribution in [0.1, 0.15) is 0 Å². The molecule has 0 saturated heterocycles. The van der Waals surface area contributed by atoms with Crippen LogP contribution in [0.25, 0.3) is 11.1 Å². The largest absolute Gasteiger partial charge is 0.501 e. The lowest BCUT2D eigenvalue weighted by Gasteiger charge is -2.08. The minimum atomic E-state index is -5.33. The molecule has 1 aromatic heterocycles. The Morgan fingerprint density at radius 2 is 1.74 bits per heavy atom. The van der Waals surface area contributed by atoms with Crippen LogP contribution in [0.15, 0.2) is 35.4 Å². The minimum absolute atomic E-state index is 0.242. The van der Waals surface area contributed by atoms with Gasteiger partial charge in [-0.05, 0) is 17.7 Å². The lowest BCUT2D eigenvalue weighted by atomic mass is 10.1. The first-order valence-corrected chi connectivity index (χ1v) is 6.42. The third-order valence-electron chi connectivity index (χ3n) is 2.45. The highest BCUT2D eigenvalue weighted by atomic mass is 32.2. The number of nitrogens with one attached hydrogen (secondary N) is 1. The average Bonchev–Trinajstić information content (AvgIpc) is 2.74. The molecule has 2 rings (SSSR count). The summed E-state index contributed by atoms with van der Waals surface area (Å²) in [7, 11) is -5.33. The van der Waals surface area contributed by atoms with Crippen molar-refractivity contribution in [3.8, 4) is 11.1 Å². The number of alkyl halides is 3. The fourth-order valence-electron chi connectivity index (χ4n) is 1.47. The normalized spacial score (nSPS) is 12.6. The second-order valence-corrected chi connectivity index (χ2v) is 5.61. The van der Waals surface area contributed by atoms with E-state index in [0.29, 0.717) is 11.1 Å². The number of sulfone groups is 1. The Bertz CT molecular complexity index is 690. The number of anilines is 1. The van der Waals surface area contributed by atoms with Crippen molar-refractivity contribution in [2.45, 2.75) is 10.4 Å². The molecule has 0 spiro atoms. The summed E-state index contributed by atoms with van der Waals surface area (Å²) in [5.41, 5.74) is 1.18. The summed E-state index contributed by atoms with van der Waals surface area (Å²) in [5.74, 6) is 0.242. The zero-order valence-corrected chi connectivity index (χ0v) is 10.1. The van der Waals surface area contributed by atoms with Crippen molar-refractivity contribution in [3.05, 3.63) is 30.5 Å². The van der Waals surface area contributed by atoms with Gasteiger partial charge in [-0.15, -0.1) is 0 Å². The Balaban J connectivity index is 2.43. The number of halogens is 3. The Morgan fingerprint density at radius 1 is 1.16 bits per heavy atom. The van der Waals surface area contributed by atoms with Crippen LogP contribution in [0.5, 0.6) is 0 Å². The summed E-state index contributed by atoms with van der Waals surface area (Å²) < 4.78 is 59.3. The molecule has 0 amide bonds. The molecule has 1 heterocycles. The third-order valence-corrected chi connectivity index (χ3v) is 3.95. The Hall–Kier alpha value is -2.03. The summed E-state index contributed by atoms with van der Waals surface area (Å²) in [6.07, 6.45) is 1.39. The van der Waals surface area contributed by atoms with Gasteiger partial charge in [-0.25, -0.2) is 8.42 Å². The lowest BCUT2D eigenvalue weighted by molar-refractivity contribution is -0.0436. The minimum Gasteiger partial charge on any atom is -0.384 e. The van der Waals surface area contributed by atoms with Crippen LogP contribution in [-0.2, 0) is 9.84 Å². The van der Waals surface area contributed by atoms with E-state index in [-0.39, 0.29) is 5.82 Å². The average molecular weight is 291 g/mol. The standard InChI is InChI=1S/C10H8F3N3O2S/c11-10(12,13)19(17,18)7-3-1-6(2-4-7)8-5-15-16-9(8)14/h1-5H,(H3,14,15,16). The molecular formula is C10H8F3N3O2S. The van der Waals surface area contributed by atoms with Crippen LogP contribution >= 0.6 is 0 Å². The maximum atomic E-state index is 12.3. The molecular weight excluding hydrogens is 283 g/mol. The first-order valence-electron chi connectivity index (χ1n) is 4.94. The van der Waals surface area contributed by atoms with Crippen LogP contribution < -0.4 is 5.73 Å². The molecule has 0 fully saturated rings. The van der Waals surface area contributed by atoms with Crippen LogP contribution in [0, 0.1) is 0 Å². The van der Waals surface area contributed by atoms with Crippen molar-refractivity contribution < 1.29 is 21.6 Å². The van der Waals surface area contributed by atoms with Crippen molar-refractivity contribution in [3.63, 3.8) is 0 Å². The number of aromatic amines is 1. The molecule has 102 valence electrons. The topological polar surface area (TPSA) is 88.8 Å². The van der Waals surface area contributed by atoms with Gasteiger partial charge in [0.1, 0.15) is 5.82 Å². The molecule has 1 aromatic carbocycles. The lowest BCUT2D eigenvalue weighted by Crippen LogP contribution is -2.23. The van der Waals surface area contributed by atoms with E-state index < -0.39 is 20.2 Å². The highest BCUT2D eigenvalue weighted by molar-refractivity contribution is 7.92. The van der Waals surface area contributed by atoms with Crippen molar-refractivity contribution >= 4 is 15.7 Å². The highest BCUT2D eigenvalue weighted by Crippen LogP contribution is 2.32. The van der Waals surface area contributed by atoms with Gasteiger partial charge in [0.15, 0.2) is 0 Å². The molecule has 9 heteroatoms. The number of nitrogen functional groups attached to an aromatic ring is 1. The van der Waals surface area contributed by atoms with Gasteiger partial charge in [-0.2, -0.15) is 18.3 Å². The smallest absolute Gasteiger partial charge is 0.384 e. The van der Waals surface area contributed by atoms with E-state index in [1.54, 1.807) is 0 Å². The van der Waals surface area contributed by atoms with Gasteiger partial charge in [-0.3, -0.25) is 5.10 Å². The number of nitrogens with zero attached hydrogens (tertiary/aromatic N) is 1. The second kappa shape index (κ2) is 4.26. The molecule has 0 aliphatic carbocycles. The number of aromatic nitrogens is 2. The zero-order chi connectivity index (χ0) is 14.3. The Labute approximate surface area is 106 Å². The molecule has 2 aromatic rings. The van der Waals surface area contributed by atoms with Gasteiger partial charge in [-0.1, -0.05) is 12.1 Å². The summed E-state index contributed by atoms with van der Waals surface area (Å²) >= 11 is 0. The van der Waals surface area contributed by atoms with Gasteiger partial charge >= 0.3 is 5.51 Å². The molecule has 19 heavy (non-hydrogen) atoms. The van der Waals surface area contributed by atoms with E-state index in [2.05, 4.69) is 10.2 Å². The number of hydrogen-bond donors (Lipinski definition) is 2. The maximum absolute atomic E-state index is 12.3. The molecule has 3 N–H and O–H groups in total. The van der Waals surface area contributed by atoms with Crippen LogP contribution in [0.4, 0.5) is 19.0 Å². The molecule has 0 aliphatic rings. The molecule has 0 atom stereocenters. The van der Waals surface area contributed by atoms with Crippen molar-refractivity contribution in [2.24, 2.45) is 0 Å². The van der Waals surface area contributed by atoms with E-state index in [1.165, 1.54) is 18.3 Å². The fourth-order valence-corrected chi connectivity index (χ4v) is 2.24. The first kappa shape index (κ1) is 13.4. The number of nitrogens with two attached hydrogens (primary N) is 1. The van der Waals surface area contributed by atoms with E-state index in [1.807, 2.05) is 0 Å². The van der Waals surface area contributed by atoms with Crippen molar-refractivity contribution in [2.75, 3.05) is 5.73 Å². The van der Waals surface area contributed by atoms with Crippen LogP contribution in [0.3, 0.4) is 0 Å². The predicted octanol–water partition coefficient (Wildman–Crippen LogP) is 1.95. The second-order valence-electron chi connectivity index (χ2n) is 3.67. The molecule has 0 unspecified atom stereocenters. The van der Waals surface area contributed by atoms with Gasteiger partial charge < -0.3 is 5.73 Å². The van der Waals surface area contributed by atoms with E-state index in [4.69, 9.17) is 5.73 Å². The molecule has 0 saturated carbocycles. The van der Waals surface area contributed by atoms with E-state index in [9.17, 15) is 21.6 Å². The summed E-state index contributed by atoms with van der Waals surface area (Å²) in [6.45, 7) is 0. The maximum Gasteiger partial charge on any atom is 0.501 e. The van der Waals surface area contributed by atoms with Gasteiger partial charge in [0.05, 0.1) is 11.1 Å². The van der Waals surface area contributed by atoms with E-state index in [0.717, 1.165) is 12.1 Å². The van der Waals surface area contributed by atoms with Crippen LogP contribution in [-0.4, -0.2) is 24.1 Å². The third kappa shape index (κ3) is 2.28. The number of H-pyrrole nitrogens is 1. The Kier molecular flexibility index (Phi) is 3.01. The molecule has 0 bridgehead atoms. The van der Waals surface area contributed by atoms with Gasteiger partial charge in [0.25, 0.3) is 9.84 Å². The Morgan fingerprint density at radius 3 is 2.16 bits per heavy atom. The fraction of sp³-hybridized carbons (Fsp3) is 0.100.